The van der Waals surface area contributed by atoms with Gasteiger partial charge in [0.15, 0.2) is 16.9 Å². The lowest BCUT2D eigenvalue weighted by Crippen LogP contribution is -2.49. The highest BCUT2D eigenvalue weighted by Crippen LogP contribution is 2.36. The Balaban J connectivity index is 0.00000186. The summed E-state index contributed by atoms with van der Waals surface area (Å²) in [7, 11) is 0. The molecule has 1 aliphatic rings. The first kappa shape index (κ1) is 27.1. The standard InChI is InChI=1S/C26H24FN5O3.C2H6/c1-3-7-20-22(29-2)24(35-16-18-8-5-4-6-9-18)23-26(34)31(14-17-10-12-19(27)13-11-17)15-21(33)32(23)25(20)30-28;1-2/h3-13H,2,14-16,28H2,1H3;1-2H3/b7-3-,30-25-;. The summed E-state index contributed by atoms with van der Waals surface area (Å²) in [6.45, 7) is 9.46. The average molecular weight is 504 g/mol. The summed E-state index contributed by atoms with van der Waals surface area (Å²) >= 11 is 0. The van der Waals surface area contributed by atoms with E-state index in [0.717, 1.165) is 5.56 Å². The lowest BCUT2D eigenvalue weighted by Gasteiger charge is -2.31. The molecular weight excluding hydrogens is 473 g/mol. The van der Waals surface area contributed by atoms with Crippen LogP contribution in [-0.4, -0.2) is 34.5 Å². The number of carbonyl (C=O) groups is 2. The molecule has 0 atom stereocenters. The monoisotopic (exact) mass is 503 g/mol. The van der Waals surface area contributed by atoms with Gasteiger partial charge in [-0.1, -0.05) is 68.5 Å². The molecule has 3 aromatic rings. The van der Waals surface area contributed by atoms with Gasteiger partial charge in [0.25, 0.3) is 11.8 Å². The number of rotatable bonds is 7. The number of halogens is 1. The number of allylic oxidation sites excluding steroid dienone is 1. The summed E-state index contributed by atoms with van der Waals surface area (Å²) in [6, 6.07) is 15.1. The topological polar surface area (TPSA) is 102 Å². The van der Waals surface area contributed by atoms with Crippen molar-refractivity contribution in [3.8, 4) is 5.75 Å². The first-order valence-corrected chi connectivity index (χ1v) is 11.9. The van der Waals surface area contributed by atoms with Crippen LogP contribution in [0.3, 0.4) is 0 Å². The molecule has 0 radical (unpaired) electrons. The van der Waals surface area contributed by atoms with E-state index in [-0.39, 0.29) is 48.1 Å². The first-order valence-electron chi connectivity index (χ1n) is 11.9. The Morgan fingerprint density at radius 3 is 2.35 bits per heavy atom. The van der Waals surface area contributed by atoms with Gasteiger partial charge in [-0.3, -0.25) is 19.1 Å². The van der Waals surface area contributed by atoms with Crippen LogP contribution < -0.4 is 16.1 Å². The fourth-order valence-electron chi connectivity index (χ4n) is 3.97. The molecule has 2 N–H and O–H groups in total. The number of benzene rings is 2. The van der Waals surface area contributed by atoms with Crippen molar-refractivity contribution in [2.75, 3.05) is 6.54 Å². The molecule has 1 aromatic heterocycles. The van der Waals surface area contributed by atoms with Gasteiger partial charge in [0.2, 0.25) is 0 Å². The van der Waals surface area contributed by atoms with E-state index >= 15 is 0 Å². The number of hydrogen-bond acceptors (Lipinski definition) is 6. The number of aliphatic imine (C=N–C) groups is 1. The molecule has 0 saturated carbocycles. The molecule has 1 amide bonds. The molecule has 2 aromatic carbocycles. The predicted molar refractivity (Wildman–Crippen MR) is 142 cm³/mol. The Bertz CT molecular complexity index is 1380. The number of amides is 1. The lowest BCUT2D eigenvalue weighted by molar-refractivity contribution is 0.0595. The van der Waals surface area contributed by atoms with Gasteiger partial charge in [0.1, 0.15) is 24.7 Å². The van der Waals surface area contributed by atoms with Gasteiger partial charge < -0.3 is 15.5 Å². The minimum absolute atomic E-state index is 0.0425. The van der Waals surface area contributed by atoms with Crippen LogP contribution in [0.2, 0.25) is 0 Å². The zero-order valence-electron chi connectivity index (χ0n) is 21.1. The summed E-state index contributed by atoms with van der Waals surface area (Å²) in [5, 5.41) is 3.81. The van der Waals surface area contributed by atoms with Gasteiger partial charge >= 0.3 is 0 Å². The Morgan fingerprint density at radius 2 is 1.76 bits per heavy atom. The number of hydrogen-bond donors (Lipinski definition) is 1. The number of aromatic nitrogens is 1. The SMILES string of the molecule is C=Nc1c(OCc2ccccc2)c2n(/c(=N\N)c1/C=C\C)C(=O)CN(Cc1ccc(F)cc1)C2=O.CC. The third kappa shape index (κ3) is 5.66. The maximum atomic E-state index is 13.7. The number of ether oxygens (including phenoxy) is 1. The summed E-state index contributed by atoms with van der Waals surface area (Å²) in [4.78, 5) is 32.5. The van der Waals surface area contributed by atoms with Crippen LogP contribution in [0.25, 0.3) is 6.08 Å². The fourth-order valence-corrected chi connectivity index (χ4v) is 3.97. The minimum Gasteiger partial charge on any atom is -0.484 e. The minimum atomic E-state index is -0.473. The van der Waals surface area contributed by atoms with Crippen molar-refractivity contribution in [3.05, 3.63) is 94.4 Å². The molecule has 0 unspecified atom stereocenters. The van der Waals surface area contributed by atoms with Gasteiger partial charge in [0, 0.05) is 12.1 Å². The highest BCUT2D eigenvalue weighted by Gasteiger charge is 2.36. The highest BCUT2D eigenvalue weighted by atomic mass is 19.1. The maximum absolute atomic E-state index is 13.7. The van der Waals surface area contributed by atoms with E-state index in [4.69, 9.17) is 10.6 Å². The largest absolute Gasteiger partial charge is 0.484 e. The van der Waals surface area contributed by atoms with Gasteiger partial charge in [-0.05, 0) is 36.9 Å². The van der Waals surface area contributed by atoms with Crippen molar-refractivity contribution >= 4 is 30.3 Å². The van der Waals surface area contributed by atoms with E-state index < -0.39 is 11.8 Å². The number of pyridine rings is 1. The third-order valence-corrected chi connectivity index (χ3v) is 5.55. The summed E-state index contributed by atoms with van der Waals surface area (Å²) < 4.78 is 20.6. The molecule has 2 heterocycles. The first-order chi connectivity index (χ1) is 18.0. The third-order valence-electron chi connectivity index (χ3n) is 5.55. The normalized spacial score (nSPS) is 13.3. The van der Waals surface area contributed by atoms with Crippen LogP contribution >= 0.6 is 0 Å². The van der Waals surface area contributed by atoms with Crippen LogP contribution in [0.15, 0.2) is 70.8 Å². The molecule has 9 heteroatoms. The van der Waals surface area contributed by atoms with Crippen LogP contribution in [-0.2, 0) is 13.2 Å². The number of fused-ring (bicyclic) bond motifs is 1. The van der Waals surface area contributed by atoms with Gasteiger partial charge in [0.05, 0.1) is 0 Å². The summed E-state index contributed by atoms with van der Waals surface area (Å²) in [6.07, 6.45) is 3.42. The molecule has 0 saturated heterocycles. The Kier molecular flexibility index (Phi) is 9.10. The van der Waals surface area contributed by atoms with Crippen molar-refractivity contribution in [3.63, 3.8) is 0 Å². The van der Waals surface area contributed by atoms with Gasteiger partial charge in [-0.25, -0.2) is 4.39 Å². The molecule has 0 bridgehead atoms. The Labute approximate surface area is 215 Å². The Morgan fingerprint density at radius 1 is 1.08 bits per heavy atom. The smallest absolute Gasteiger partial charge is 0.275 e. The molecule has 0 fully saturated rings. The zero-order valence-corrected chi connectivity index (χ0v) is 21.1. The van der Waals surface area contributed by atoms with E-state index in [1.54, 1.807) is 31.2 Å². The van der Waals surface area contributed by atoms with Gasteiger partial charge in [-0.2, -0.15) is 5.10 Å². The zero-order chi connectivity index (χ0) is 26.9. The second kappa shape index (κ2) is 12.4. The quantitative estimate of drug-likeness (QED) is 0.288. The summed E-state index contributed by atoms with van der Waals surface area (Å²) in [5.41, 5.74) is 2.22. The second-order valence-corrected chi connectivity index (χ2v) is 7.84. The van der Waals surface area contributed by atoms with Crippen LogP contribution in [0.1, 0.15) is 52.7 Å². The molecule has 192 valence electrons. The molecule has 0 aliphatic carbocycles. The predicted octanol–water partition coefficient (Wildman–Crippen LogP) is 4.67. The van der Waals surface area contributed by atoms with E-state index in [0.29, 0.717) is 11.1 Å². The second-order valence-electron chi connectivity index (χ2n) is 7.84. The maximum Gasteiger partial charge on any atom is 0.275 e. The average Bonchev–Trinajstić information content (AvgIpc) is 2.93. The number of nitrogens with zero attached hydrogens (tertiary/aromatic N) is 4. The van der Waals surface area contributed by atoms with Crippen molar-refractivity contribution in [1.29, 1.82) is 0 Å². The molecule has 8 nitrogen and oxygen atoms in total. The highest BCUT2D eigenvalue weighted by molar-refractivity contribution is 6.06. The van der Waals surface area contributed by atoms with Crippen LogP contribution in [0, 0.1) is 5.82 Å². The fraction of sp³-hybridized carbons (Fsp3) is 0.214. The molecule has 1 aliphatic heterocycles. The van der Waals surface area contributed by atoms with E-state index in [1.165, 1.54) is 21.6 Å². The van der Waals surface area contributed by atoms with Crippen molar-refractivity contribution in [1.82, 2.24) is 9.47 Å². The van der Waals surface area contributed by atoms with Crippen LogP contribution in [0.4, 0.5) is 10.1 Å². The van der Waals surface area contributed by atoms with E-state index in [1.807, 2.05) is 44.2 Å². The number of nitrogens with two attached hydrogens (primary N) is 1. The molecular formula is C28H30FN5O3. The summed E-state index contributed by atoms with van der Waals surface area (Å²) in [5.74, 6) is 4.50. The van der Waals surface area contributed by atoms with Gasteiger partial charge in [-0.15, -0.1) is 0 Å². The van der Waals surface area contributed by atoms with Crippen molar-refractivity contribution in [2.24, 2.45) is 15.9 Å². The Hall–Kier alpha value is -4.53. The van der Waals surface area contributed by atoms with Crippen molar-refractivity contribution in [2.45, 2.75) is 33.9 Å². The lowest BCUT2D eigenvalue weighted by atomic mass is 10.1. The molecule has 37 heavy (non-hydrogen) atoms. The van der Waals surface area contributed by atoms with Crippen molar-refractivity contribution < 1.29 is 18.7 Å². The van der Waals surface area contributed by atoms with E-state index in [2.05, 4.69) is 16.8 Å². The van der Waals surface area contributed by atoms with E-state index in [9.17, 15) is 14.0 Å². The molecule has 4 rings (SSSR count). The molecule has 0 spiro atoms. The number of carbonyl (C=O) groups excluding carboxylic acids is 2. The van der Waals surface area contributed by atoms with Crippen LogP contribution in [0.5, 0.6) is 5.75 Å².